The van der Waals surface area contributed by atoms with Gasteiger partial charge in [-0.1, -0.05) is 0 Å². The molecule has 1 aliphatic carbocycles. The molecule has 0 radical (unpaired) electrons. The largest absolute Gasteiger partial charge is 0.354 e. The lowest BCUT2D eigenvalue weighted by atomic mass is 9.78. The van der Waals surface area contributed by atoms with E-state index < -0.39 is 6.04 Å². The van der Waals surface area contributed by atoms with E-state index in [2.05, 4.69) is 20.8 Å². The lowest BCUT2D eigenvalue weighted by Crippen LogP contribution is -2.42. The summed E-state index contributed by atoms with van der Waals surface area (Å²) in [6.45, 7) is 3.14. The molecule has 0 saturated heterocycles. The zero-order valence-electron chi connectivity index (χ0n) is 11.1. The van der Waals surface area contributed by atoms with E-state index in [1.165, 1.54) is 6.92 Å². The second-order valence-electron chi connectivity index (χ2n) is 5.05. The Bertz CT molecular complexity index is 476. The van der Waals surface area contributed by atoms with Gasteiger partial charge in [-0.15, -0.1) is 0 Å². The van der Waals surface area contributed by atoms with E-state index in [-0.39, 0.29) is 17.9 Å². The van der Waals surface area contributed by atoms with Gasteiger partial charge in [0, 0.05) is 24.9 Å². The summed E-state index contributed by atoms with van der Waals surface area (Å²) < 4.78 is 0. The van der Waals surface area contributed by atoms with Gasteiger partial charge in [0.1, 0.15) is 5.82 Å². The highest BCUT2D eigenvalue weighted by Gasteiger charge is 2.32. The summed E-state index contributed by atoms with van der Waals surface area (Å²) in [5.74, 6) is 0.629. The Kier molecular flexibility index (Phi) is 3.84. The first kappa shape index (κ1) is 13.5. The molecule has 0 spiro atoms. The van der Waals surface area contributed by atoms with Gasteiger partial charge in [-0.3, -0.25) is 14.7 Å². The normalized spacial score (nSPS) is 23.3. The van der Waals surface area contributed by atoms with Crippen molar-refractivity contribution in [2.45, 2.75) is 44.7 Å². The predicted molar refractivity (Wildman–Crippen MR) is 70.4 cm³/mol. The van der Waals surface area contributed by atoms with Crippen molar-refractivity contribution in [1.82, 2.24) is 15.5 Å². The van der Waals surface area contributed by atoms with Crippen LogP contribution in [0.5, 0.6) is 0 Å². The molecule has 1 aromatic heterocycles. The molecule has 1 fully saturated rings. The molecule has 1 heterocycles. The number of nitrogens with zero attached hydrogens (tertiary/aromatic N) is 1. The highest BCUT2D eigenvalue weighted by molar-refractivity contribution is 5.93. The Labute approximate surface area is 111 Å². The average molecular weight is 265 g/mol. The van der Waals surface area contributed by atoms with Crippen molar-refractivity contribution in [2.24, 2.45) is 5.73 Å². The zero-order chi connectivity index (χ0) is 14.0. The fourth-order valence-electron chi connectivity index (χ4n) is 2.12. The van der Waals surface area contributed by atoms with Crippen molar-refractivity contribution < 1.29 is 9.59 Å². The standard InChI is InChI=1S/C12H19N5O2/c1-6(13)12(19)15-11-5-10(16-17-11)8-3-9(4-8)14-7(2)18/h5-6,8-9H,3-4,13H2,1-2H3,(H,14,18)(H2,15,16,17,19)/t6-,8-,9+/m0/s1. The molecule has 104 valence electrons. The summed E-state index contributed by atoms with van der Waals surface area (Å²) in [5.41, 5.74) is 6.37. The van der Waals surface area contributed by atoms with E-state index in [9.17, 15) is 9.59 Å². The molecule has 0 unspecified atom stereocenters. The number of hydrogen-bond donors (Lipinski definition) is 4. The van der Waals surface area contributed by atoms with Gasteiger partial charge in [0.05, 0.1) is 11.7 Å². The second-order valence-corrected chi connectivity index (χ2v) is 5.05. The molecular weight excluding hydrogens is 246 g/mol. The van der Waals surface area contributed by atoms with Crippen LogP contribution in [0.2, 0.25) is 0 Å². The van der Waals surface area contributed by atoms with Crippen LogP contribution in [0, 0.1) is 0 Å². The number of rotatable bonds is 4. The first-order valence-electron chi connectivity index (χ1n) is 6.34. The maximum absolute atomic E-state index is 11.4. The fraction of sp³-hybridized carbons (Fsp3) is 0.583. The number of amides is 2. The van der Waals surface area contributed by atoms with Gasteiger partial charge in [-0.25, -0.2) is 0 Å². The number of hydrogen-bond acceptors (Lipinski definition) is 4. The van der Waals surface area contributed by atoms with E-state index >= 15 is 0 Å². The third-order valence-corrected chi connectivity index (χ3v) is 3.23. The molecule has 2 amide bonds. The number of nitrogens with two attached hydrogens (primary N) is 1. The van der Waals surface area contributed by atoms with Crippen LogP contribution in [0.15, 0.2) is 6.07 Å². The number of anilines is 1. The van der Waals surface area contributed by atoms with E-state index in [1.807, 2.05) is 6.07 Å². The number of nitrogens with one attached hydrogen (secondary N) is 3. The first-order valence-corrected chi connectivity index (χ1v) is 6.34. The third-order valence-electron chi connectivity index (χ3n) is 3.23. The summed E-state index contributed by atoms with van der Waals surface area (Å²) in [7, 11) is 0. The first-order chi connectivity index (χ1) is 8.95. The Balaban J connectivity index is 1.86. The lowest BCUT2D eigenvalue weighted by molar-refractivity contribution is -0.120. The van der Waals surface area contributed by atoms with Crippen LogP contribution in [-0.4, -0.2) is 34.1 Å². The van der Waals surface area contributed by atoms with Crippen LogP contribution in [0.3, 0.4) is 0 Å². The van der Waals surface area contributed by atoms with Gasteiger partial charge in [0.25, 0.3) is 0 Å². The summed E-state index contributed by atoms with van der Waals surface area (Å²) >= 11 is 0. The van der Waals surface area contributed by atoms with Crippen molar-refractivity contribution in [3.8, 4) is 0 Å². The monoisotopic (exact) mass is 265 g/mol. The third kappa shape index (κ3) is 3.31. The molecule has 5 N–H and O–H groups in total. The smallest absolute Gasteiger partial charge is 0.242 e. The molecule has 1 aliphatic rings. The van der Waals surface area contributed by atoms with Crippen molar-refractivity contribution in [3.05, 3.63) is 11.8 Å². The number of aromatic amines is 1. The molecule has 19 heavy (non-hydrogen) atoms. The van der Waals surface area contributed by atoms with Crippen LogP contribution >= 0.6 is 0 Å². The lowest BCUT2D eigenvalue weighted by Gasteiger charge is -2.34. The molecule has 0 aliphatic heterocycles. The van der Waals surface area contributed by atoms with Gasteiger partial charge in [0.2, 0.25) is 11.8 Å². The quantitative estimate of drug-likeness (QED) is 0.617. The summed E-state index contributed by atoms with van der Waals surface area (Å²) in [4.78, 5) is 22.3. The van der Waals surface area contributed by atoms with Crippen LogP contribution in [0.1, 0.15) is 38.3 Å². The molecule has 1 aromatic rings. The van der Waals surface area contributed by atoms with Gasteiger partial charge >= 0.3 is 0 Å². The van der Waals surface area contributed by atoms with Crippen molar-refractivity contribution in [1.29, 1.82) is 0 Å². The van der Waals surface area contributed by atoms with Gasteiger partial charge in [-0.05, 0) is 19.8 Å². The minimum absolute atomic E-state index is 0.00429. The molecule has 0 bridgehead atoms. The summed E-state index contributed by atoms with van der Waals surface area (Å²) in [6, 6.07) is 1.50. The van der Waals surface area contributed by atoms with Gasteiger partial charge in [0.15, 0.2) is 0 Å². The SMILES string of the molecule is CC(=O)N[C@H]1C[C@@H](c2cc(NC(=O)[C@H](C)N)[nH]n2)C1. The van der Waals surface area contributed by atoms with Crippen molar-refractivity contribution >= 4 is 17.6 Å². The molecule has 7 heteroatoms. The second kappa shape index (κ2) is 5.40. The zero-order valence-corrected chi connectivity index (χ0v) is 11.1. The molecule has 1 saturated carbocycles. The Hall–Kier alpha value is -1.89. The molecular formula is C12H19N5O2. The number of H-pyrrole nitrogens is 1. The van der Waals surface area contributed by atoms with Gasteiger partial charge < -0.3 is 16.4 Å². The number of carbonyl (C=O) groups is 2. The topological polar surface area (TPSA) is 113 Å². The molecule has 0 aromatic carbocycles. The van der Waals surface area contributed by atoms with Crippen molar-refractivity contribution in [2.75, 3.05) is 5.32 Å². The highest BCUT2D eigenvalue weighted by atomic mass is 16.2. The summed E-state index contributed by atoms with van der Waals surface area (Å²) in [5, 5.41) is 12.5. The maximum Gasteiger partial charge on any atom is 0.242 e. The maximum atomic E-state index is 11.4. The summed E-state index contributed by atoms with van der Waals surface area (Å²) in [6.07, 6.45) is 1.76. The van der Waals surface area contributed by atoms with Crippen LogP contribution in [0.25, 0.3) is 0 Å². The molecule has 1 atom stereocenters. The van der Waals surface area contributed by atoms with E-state index in [0.717, 1.165) is 18.5 Å². The van der Waals surface area contributed by atoms with E-state index in [1.54, 1.807) is 6.92 Å². The average Bonchev–Trinajstić information content (AvgIpc) is 2.70. The number of aromatic nitrogens is 2. The van der Waals surface area contributed by atoms with E-state index in [0.29, 0.717) is 11.7 Å². The Morgan fingerprint density at radius 1 is 1.53 bits per heavy atom. The minimum Gasteiger partial charge on any atom is -0.354 e. The van der Waals surface area contributed by atoms with Crippen LogP contribution in [-0.2, 0) is 9.59 Å². The Morgan fingerprint density at radius 3 is 2.79 bits per heavy atom. The van der Waals surface area contributed by atoms with Crippen molar-refractivity contribution in [3.63, 3.8) is 0 Å². The van der Waals surface area contributed by atoms with Crippen LogP contribution < -0.4 is 16.4 Å². The molecule has 7 nitrogen and oxygen atoms in total. The van der Waals surface area contributed by atoms with Crippen LogP contribution in [0.4, 0.5) is 5.82 Å². The van der Waals surface area contributed by atoms with E-state index in [4.69, 9.17) is 5.73 Å². The van der Waals surface area contributed by atoms with Gasteiger partial charge in [-0.2, -0.15) is 5.10 Å². The fourth-order valence-corrected chi connectivity index (χ4v) is 2.12. The molecule has 2 rings (SSSR count). The Morgan fingerprint density at radius 2 is 2.21 bits per heavy atom. The minimum atomic E-state index is -0.556. The highest BCUT2D eigenvalue weighted by Crippen LogP contribution is 2.36. The number of carbonyl (C=O) groups excluding carboxylic acids is 2. The predicted octanol–water partition coefficient (Wildman–Crippen LogP) is 0.0775.